The molecule has 0 radical (unpaired) electrons. The monoisotopic (exact) mass is 292 g/mol. The minimum Gasteiger partial charge on any atom is -0.316 e. The molecule has 2 nitrogen and oxygen atoms in total. The van der Waals surface area contributed by atoms with E-state index in [-0.39, 0.29) is 0 Å². The molecule has 4 rings (SSSR count). The number of rotatable bonds is 3. The number of nitrogens with zero attached hydrogens (tertiary/aromatic N) is 1. The summed E-state index contributed by atoms with van der Waals surface area (Å²) in [7, 11) is 0. The molecule has 0 unspecified atom stereocenters. The molecule has 2 aliphatic rings. The van der Waals surface area contributed by atoms with Gasteiger partial charge in [-0.05, 0) is 42.5 Å². The summed E-state index contributed by atoms with van der Waals surface area (Å²) in [5.74, 6) is 0. The van der Waals surface area contributed by atoms with Crippen LogP contribution in [0.1, 0.15) is 30.0 Å². The van der Waals surface area contributed by atoms with E-state index in [2.05, 4.69) is 70.9 Å². The summed E-state index contributed by atoms with van der Waals surface area (Å²) < 4.78 is 0. The first-order valence-corrected chi connectivity index (χ1v) is 8.41. The fraction of sp³-hybridized carbons (Fsp3) is 0.400. The van der Waals surface area contributed by atoms with E-state index < -0.39 is 0 Å². The van der Waals surface area contributed by atoms with Crippen LogP contribution in [-0.4, -0.2) is 31.1 Å². The Morgan fingerprint density at radius 3 is 1.68 bits per heavy atom. The molecule has 2 aromatic carbocycles. The molecule has 2 aliphatic heterocycles. The fourth-order valence-corrected chi connectivity index (χ4v) is 3.97. The average molecular weight is 292 g/mol. The maximum absolute atomic E-state index is 3.46. The van der Waals surface area contributed by atoms with Crippen molar-refractivity contribution in [2.45, 2.75) is 18.9 Å². The Labute approximate surface area is 133 Å². The molecule has 2 aromatic rings. The number of hydrogen-bond donors (Lipinski definition) is 1. The second-order valence-electron chi connectivity index (χ2n) is 6.86. The van der Waals surface area contributed by atoms with Crippen LogP contribution in [0.2, 0.25) is 0 Å². The van der Waals surface area contributed by atoms with Gasteiger partial charge in [-0.2, -0.15) is 0 Å². The molecular formula is C20H24N2. The van der Waals surface area contributed by atoms with Gasteiger partial charge < -0.3 is 5.32 Å². The van der Waals surface area contributed by atoms with Crippen LogP contribution in [0, 0.1) is 5.41 Å². The largest absolute Gasteiger partial charge is 0.316 e. The van der Waals surface area contributed by atoms with Gasteiger partial charge in [0, 0.05) is 13.1 Å². The maximum Gasteiger partial charge on any atom is 0.0601 e. The zero-order valence-electron chi connectivity index (χ0n) is 13.0. The van der Waals surface area contributed by atoms with Crippen molar-refractivity contribution in [3.8, 4) is 0 Å². The Bertz CT molecular complexity index is 555. The van der Waals surface area contributed by atoms with Gasteiger partial charge >= 0.3 is 0 Å². The predicted molar refractivity (Wildman–Crippen MR) is 90.8 cm³/mol. The summed E-state index contributed by atoms with van der Waals surface area (Å²) >= 11 is 0. The van der Waals surface area contributed by atoms with Gasteiger partial charge in [0.2, 0.25) is 0 Å². The van der Waals surface area contributed by atoms with Crippen LogP contribution in [0.5, 0.6) is 0 Å². The van der Waals surface area contributed by atoms with Gasteiger partial charge in [0.1, 0.15) is 0 Å². The number of nitrogens with one attached hydrogen (secondary N) is 1. The van der Waals surface area contributed by atoms with Crippen molar-refractivity contribution in [3.63, 3.8) is 0 Å². The van der Waals surface area contributed by atoms with Gasteiger partial charge in [0.25, 0.3) is 0 Å². The van der Waals surface area contributed by atoms with Crippen molar-refractivity contribution >= 4 is 0 Å². The Kier molecular flexibility index (Phi) is 3.73. The Balaban J connectivity index is 1.61. The summed E-state index contributed by atoms with van der Waals surface area (Å²) in [5, 5.41) is 3.46. The van der Waals surface area contributed by atoms with Crippen molar-refractivity contribution in [1.29, 1.82) is 0 Å². The zero-order valence-corrected chi connectivity index (χ0v) is 13.0. The van der Waals surface area contributed by atoms with E-state index in [1.807, 2.05) is 0 Å². The van der Waals surface area contributed by atoms with Gasteiger partial charge in [-0.3, -0.25) is 4.90 Å². The highest BCUT2D eigenvalue weighted by Gasteiger charge is 2.41. The third-order valence-electron chi connectivity index (χ3n) is 5.45. The second kappa shape index (κ2) is 5.86. The molecule has 2 fully saturated rings. The highest BCUT2D eigenvalue weighted by Crippen LogP contribution is 2.39. The fourth-order valence-electron chi connectivity index (χ4n) is 3.97. The van der Waals surface area contributed by atoms with Crippen LogP contribution in [0.15, 0.2) is 60.7 Å². The predicted octanol–water partition coefficient (Wildman–Crippen LogP) is 3.46. The standard InChI is InChI=1S/C20H24N2/c1-3-7-17(8-4-1)19(18-9-5-2-6-10-18)22-13-11-20(12-14-22)15-21-16-20/h1-10,19,21H,11-16H2. The molecule has 0 atom stereocenters. The molecular weight excluding hydrogens is 268 g/mol. The summed E-state index contributed by atoms with van der Waals surface area (Å²) in [4.78, 5) is 2.67. The normalized spacial score (nSPS) is 21.0. The number of likely N-dealkylation sites (tertiary alicyclic amines) is 1. The Morgan fingerprint density at radius 2 is 1.27 bits per heavy atom. The molecule has 22 heavy (non-hydrogen) atoms. The first kappa shape index (κ1) is 14.0. The molecule has 2 heteroatoms. The van der Waals surface area contributed by atoms with Crippen LogP contribution in [0.3, 0.4) is 0 Å². The van der Waals surface area contributed by atoms with Gasteiger partial charge in [0.15, 0.2) is 0 Å². The molecule has 0 saturated carbocycles. The first-order chi connectivity index (χ1) is 10.9. The van der Waals surface area contributed by atoms with E-state index in [0.717, 1.165) is 0 Å². The van der Waals surface area contributed by atoms with Crippen molar-refractivity contribution in [1.82, 2.24) is 10.2 Å². The molecule has 1 N–H and O–H groups in total. The highest BCUT2D eigenvalue weighted by atomic mass is 15.2. The van der Waals surface area contributed by atoms with Crippen LogP contribution in [0.25, 0.3) is 0 Å². The maximum atomic E-state index is 3.46. The first-order valence-electron chi connectivity index (χ1n) is 8.41. The van der Waals surface area contributed by atoms with Crippen molar-refractivity contribution in [2.75, 3.05) is 26.2 Å². The highest BCUT2D eigenvalue weighted by molar-refractivity contribution is 5.32. The molecule has 0 aromatic heterocycles. The molecule has 0 aliphatic carbocycles. The summed E-state index contributed by atoms with van der Waals surface area (Å²) in [6.07, 6.45) is 2.66. The molecule has 0 amide bonds. The Hall–Kier alpha value is -1.64. The van der Waals surface area contributed by atoms with E-state index in [0.29, 0.717) is 11.5 Å². The van der Waals surface area contributed by atoms with E-state index in [1.165, 1.54) is 50.1 Å². The van der Waals surface area contributed by atoms with Crippen LogP contribution >= 0.6 is 0 Å². The van der Waals surface area contributed by atoms with Gasteiger partial charge in [-0.1, -0.05) is 60.7 Å². The van der Waals surface area contributed by atoms with Crippen molar-refractivity contribution in [3.05, 3.63) is 71.8 Å². The lowest BCUT2D eigenvalue weighted by molar-refractivity contribution is 0.0420. The quantitative estimate of drug-likeness (QED) is 0.932. The van der Waals surface area contributed by atoms with E-state index >= 15 is 0 Å². The molecule has 2 saturated heterocycles. The third-order valence-corrected chi connectivity index (χ3v) is 5.45. The lowest BCUT2D eigenvalue weighted by atomic mass is 9.73. The topological polar surface area (TPSA) is 15.3 Å². The lowest BCUT2D eigenvalue weighted by Gasteiger charge is -2.50. The van der Waals surface area contributed by atoms with Gasteiger partial charge in [0.05, 0.1) is 6.04 Å². The van der Waals surface area contributed by atoms with Crippen LogP contribution < -0.4 is 5.32 Å². The van der Waals surface area contributed by atoms with Crippen molar-refractivity contribution < 1.29 is 0 Å². The summed E-state index contributed by atoms with van der Waals surface area (Å²) in [6, 6.07) is 22.3. The second-order valence-corrected chi connectivity index (χ2v) is 6.86. The van der Waals surface area contributed by atoms with Crippen molar-refractivity contribution in [2.24, 2.45) is 5.41 Å². The van der Waals surface area contributed by atoms with Crippen LogP contribution in [0.4, 0.5) is 0 Å². The number of benzene rings is 2. The Morgan fingerprint density at radius 1 is 0.773 bits per heavy atom. The molecule has 114 valence electrons. The number of piperidine rings is 1. The van der Waals surface area contributed by atoms with Crippen LogP contribution in [-0.2, 0) is 0 Å². The minimum absolute atomic E-state index is 0.396. The third kappa shape index (κ3) is 2.57. The van der Waals surface area contributed by atoms with E-state index in [9.17, 15) is 0 Å². The van der Waals surface area contributed by atoms with E-state index in [1.54, 1.807) is 0 Å². The smallest absolute Gasteiger partial charge is 0.0601 e. The average Bonchev–Trinajstić information content (AvgIpc) is 2.56. The number of hydrogen-bond acceptors (Lipinski definition) is 2. The van der Waals surface area contributed by atoms with Gasteiger partial charge in [-0.15, -0.1) is 0 Å². The molecule has 2 heterocycles. The molecule has 1 spiro atoms. The summed E-state index contributed by atoms with van der Waals surface area (Å²) in [5.41, 5.74) is 3.43. The lowest BCUT2D eigenvalue weighted by Crippen LogP contribution is -2.58. The van der Waals surface area contributed by atoms with E-state index in [4.69, 9.17) is 0 Å². The molecule has 0 bridgehead atoms. The minimum atomic E-state index is 0.396. The SMILES string of the molecule is c1ccc(C(c2ccccc2)N2CCC3(CC2)CNC3)cc1. The summed E-state index contributed by atoms with van der Waals surface area (Å²) in [6.45, 7) is 4.86. The van der Waals surface area contributed by atoms with Gasteiger partial charge in [-0.25, -0.2) is 0 Å². The zero-order chi connectivity index (χ0) is 14.8.